The van der Waals surface area contributed by atoms with Gasteiger partial charge in [-0.3, -0.25) is 9.59 Å². The Morgan fingerprint density at radius 2 is 1.74 bits per heavy atom. The van der Waals surface area contributed by atoms with Crippen LogP contribution >= 0.6 is 11.6 Å². The number of carbonyl (C=O) groups excluding carboxylic acids is 3. The van der Waals surface area contributed by atoms with Gasteiger partial charge in [-0.25, -0.2) is 4.79 Å². The number of aromatic amines is 1. The van der Waals surface area contributed by atoms with Crippen LogP contribution in [0.4, 0.5) is 5.69 Å². The molecule has 0 aliphatic carbocycles. The highest BCUT2D eigenvalue weighted by Crippen LogP contribution is 2.32. The van der Waals surface area contributed by atoms with Crippen LogP contribution in [0.1, 0.15) is 15.9 Å². The number of benzene rings is 3. The van der Waals surface area contributed by atoms with E-state index >= 15 is 0 Å². The van der Waals surface area contributed by atoms with Crippen LogP contribution < -0.4 is 20.1 Å². The number of esters is 1. The molecule has 0 saturated carbocycles. The molecule has 0 unspecified atom stereocenters. The summed E-state index contributed by atoms with van der Waals surface area (Å²) in [7, 11) is 0. The highest BCUT2D eigenvalue weighted by Gasteiger charge is 2.25. The van der Waals surface area contributed by atoms with Crippen LogP contribution in [0.3, 0.4) is 0 Å². The summed E-state index contributed by atoms with van der Waals surface area (Å²) in [5, 5.41) is 6.81. The number of ether oxygens (including phenoxy) is 3. The van der Waals surface area contributed by atoms with Gasteiger partial charge in [-0.15, -0.1) is 0 Å². The topological polar surface area (TPSA) is 119 Å². The molecule has 5 rings (SSSR count). The zero-order valence-corrected chi connectivity index (χ0v) is 20.9. The first-order valence-electron chi connectivity index (χ1n) is 11.9. The van der Waals surface area contributed by atoms with Crippen molar-refractivity contribution in [2.75, 3.05) is 25.1 Å². The zero-order chi connectivity index (χ0) is 26.5. The fourth-order valence-electron chi connectivity index (χ4n) is 4.11. The minimum Gasteiger partial charge on any atom is -0.486 e. The minimum absolute atomic E-state index is 0.159. The molecule has 3 aromatic carbocycles. The molecule has 1 aliphatic heterocycles. The molecule has 0 radical (unpaired) electrons. The van der Waals surface area contributed by atoms with Gasteiger partial charge in [0.25, 0.3) is 11.8 Å². The Hall–Kier alpha value is -4.50. The van der Waals surface area contributed by atoms with Crippen molar-refractivity contribution in [3.8, 4) is 11.5 Å². The van der Waals surface area contributed by atoms with E-state index in [0.717, 1.165) is 16.5 Å². The Morgan fingerprint density at radius 3 is 2.55 bits per heavy atom. The Balaban J connectivity index is 1.26. The monoisotopic (exact) mass is 533 g/mol. The molecule has 194 valence electrons. The largest absolute Gasteiger partial charge is 0.486 e. The third kappa shape index (κ3) is 5.90. The normalized spacial score (nSPS) is 13.0. The zero-order valence-electron chi connectivity index (χ0n) is 20.2. The smallest absolute Gasteiger partial charge is 0.329 e. The molecule has 0 spiro atoms. The molecule has 10 heteroatoms. The van der Waals surface area contributed by atoms with E-state index in [2.05, 4.69) is 15.6 Å². The summed E-state index contributed by atoms with van der Waals surface area (Å²) < 4.78 is 16.3. The van der Waals surface area contributed by atoms with Gasteiger partial charge in [-0.1, -0.05) is 29.8 Å². The second-order valence-corrected chi connectivity index (χ2v) is 9.05. The van der Waals surface area contributed by atoms with E-state index in [1.54, 1.807) is 48.7 Å². The van der Waals surface area contributed by atoms with Gasteiger partial charge in [0, 0.05) is 45.9 Å². The van der Waals surface area contributed by atoms with Crippen molar-refractivity contribution >= 4 is 46.0 Å². The van der Waals surface area contributed by atoms with Gasteiger partial charge in [0.2, 0.25) is 0 Å². The number of halogens is 1. The van der Waals surface area contributed by atoms with Crippen LogP contribution in [-0.2, 0) is 20.7 Å². The number of carbonyl (C=O) groups is 3. The van der Waals surface area contributed by atoms with Crippen molar-refractivity contribution in [3.05, 3.63) is 89.1 Å². The molecule has 9 nitrogen and oxygen atoms in total. The summed E-state index contributed by atoms with van der Waals surface area (Å²) in [6.07, 6.45) is 1.94. The molecule has 2 heterocycles. The number of H-pyrrole nitrogens is 1. The van der Waals surface area contributed by atoms with Crippen LogP contribution in [0.2, 0.25) is 5.02 Å². The number of nitrogens with one attached hydrogen (secondary N) is 3. The van der Waals surface area contributed by atoms with Crippen molar-refractivity contribution in [2.45, 2.75) is 12.5 Å². The number of fused-ring (bicyclic) bond motifs is 2. The second-order valence-electron chi connectivity index (χ2n) is 8.61. The molecule has 38 heavy (non-hydrogen) atoms. The van der Waals surface area contributed by atoms with Gasteiger partial charge in [0.05, 0.1) is 0 Å². The van der Waals surface area contributed by atoms with Crippen LogP contribution in [0, 0.1) is 0 Å². The fraction of sp³-hybridized carbons (Fsp3) is 0.179. The van der Waals surface area contributed by atoms with Gasteiger partial charge >= 0.3 is 5.97 Å². The third-order valence-corrected chi connectivity index (χ3v) is 6.22. The molecule has 1 atom stereocenters. The number of anilines is 1. The Bertz CT molecular complexity index is 1480. The molecule has 1 aromatic heterocycles. The molecular weight excluding hydrogens is 510 g/mol. The maximum absolute atomic E-state index is 13.1. The molecule has 2 amide bonds. The standard InChI is InChI=1S/C28H24ClN3O6/c29-19-7-5-17(6-8-19)27(34)32-23(13-18-15-30-22-4-2-1-3-21(18)22)28(35)38-16-26(33)31-20-9-10-24-25(14-20)37-12-11-36-24/h1-10,14-15,23,30H,11-13,16H2,(H,31,33)(H,32,34)/t23-/m0/s1. The summed E-state index contributed by atoms with van der Waals surface area (Å²) in [6, 6.07) is 17.9. The van der Waals surface area contributed by atoms with Gasteiger partial charge < -0.3 is 29.8 Å². The SMILES string of the molecule is O=C(COC(=O)[C@H](Cc1c[nH]c2ccccc12)NC(=O)c1ccc(Cl)cc1)Nc1ccc2c(c1)OCCO2. The van der Waals surface area contributed by atoms with E-state index < -0.39 is 30.4 Å². The highest BCUT2D eigenvalue weighted by molar-refractivity contribution is 6.30. The summed E-state index contributed by atoms with van der Waals surface area (Å²) in [6.45, 7) is 0.346. The van der Waals surface area contributed by atoms with Crippen molar-refractivity contribution in [1.82, 2.24) is 10.3 Å². The summed E-state index contributed by atoms with van der Waals surface area (Å²) in [5.74, 6) is -0.629. The van der Waals surface area contributed by atoms with E-state index in [9.17, 15) is 14.4 Å². The quantitative estimate of drug-likeness (QED) is 0.293. The molecule has 4 aromatic rings. The van der Waals surface area contributed by atoms with E-state index in [0.29, 0.717) is 41.0 Å². The lowest BCUT2D eigenvalue weighted by Crippen LogP contribution is -2.44. The predicted octanol–water partition coefficient (Wildman–Crippen LogP) is 4.12. The molecular formula is C28H24ClN3O6. The lowest BCUT2D eigenvalue weighted by Gasteiger charge is -2.19. The summed E-state index contributed by atoms with van der Waals surface area (Å²) >= 11 is 5.93. The van der Waals surface area contributed by atoms with Gasteiger partial charge in [0.1, 0.15) is 19.3 Å². The predicted molar refractivity (Wildman–Crippen MR) is 142 cm³/mol. The number of hydrogen-bond donors (Lipinski definition) is 3. The Labute approximate surface area is 223 Å². The van der Waals surface area contributed by atoms with Gasteiger partial charge in [0.15, 0.2) is 18.1 Å². The van der Waals surface area contributed by atoms with E-state index in [4.69, 9.17) is 25.8 Å². The molecule has 1 aliphatic rings. The lowest BCUT2D eigenvalue weighted by molar-refractivity contribution is -0.149. The molecule has 3 N–H and O–H groups in total. The van der Waals surface area contributed by atoms with Crippen molar-refractivity contribution in [2.24, 2.45) is 0 Å². The van der Waals surface area contributed by atoms with Crippen LogP contribution in [0.25, 0.3) is 10.9 Å². The maximum Gasteiger partial charge on any atom is 0.329 e. The van der Waals surface area contributed by atoms with Crippen LogP contribution in [0.5, 0.6) is 11.5 Å². The average molecular weight is 534 g/mol. The van der Waals surface area contributed by atoms with Crippen LogP contribution in [0.15, 0.2) is 72.9 Å². The first-order valence-corrected chi connectivity index (χ1v) is 12.3. The summed E-state index contributed by atoms with van der Waals surface area (Å²) in [5.41, 5.74) is 2.53. The average Bonchev–Trinajstić information content (AvgIpc) is 3.34. The number of hydrogen-bond acceptors (Lipinski definition) is 6. The second kappa shape index (κ2) is 11.3. The van der Waals surface area contributed by atoms with Crippen molar-refractivity contribution in [3.63, 3.8) is 0 Å². The maximum atomic E-state index is 13.1. The first kappa shape index (κ1) is 25.2. The lowest BCUT2D eigenvalue weighted by atomic mass is 10.0. The Kier molecular flexibility index (Phi) is 7.46. The third-order valence-electron chi connectivity index (χ3n) is 5.97. The summed E-state index contributed by atoms with van der Waals surface area (Å²) in [4.78, 5) is 41.6. The van der Waals surface area contributed by atoms with Gasteiger partial charge in [-0.05, 0) is 48.0 Å². The number of para-hydroxylation sites is 1. The van der Waals surface area contributed by atoms with Gasteiger partial charge in [-0.2, -0.15) is 0 Å². The van der Waals surface area contributed by atoms with Crippen LogP contribution in [-0.4, -0.2) is 48.6 Å². The van der Waals surface area contributed by atoms with E-state index in [-0.39, 0.29) is 6.42 Å². The first-order chi connectivity index (χ1) is 18.5. The fourth-order valence-corrected chi connectivity index (χ4v) is 4.24. The molecule has 0 bridgehead atoms. The number of amides is 2. The number of rotatable bonds is 8. The minimum atomic E-state index is -1.04. The highest BCUT2D eigenvalue weighted by atomic mass is 35.5. The molecule has 0 saturated heterocycles. The van der Waals surface area contributed by atoms with E-state index in [1.165, 1.54) is 0 Å². The number of aromatic nitrogens is 1. The Morgan fingerprint density at radius 1 is 0.974 bits per heavy atom. The van der Waals surface area contributed by atoms with Crippen molar-refractivity contribution in [1.29, 1.82) is 0 Å². The van der Waals surface area contributed by atoms with Crippen molar-refractivity contribution < 1.29 is 28.6 Å². The van der Waals surface area contributed by atoms with E-state index in [1.807, 2.05) is 24.3 Å². The molecule has 0 fully saturated rings.